The number of hydrazine groups is 1. The van der Waals surface area contributed by atoms with Gasteiger partial charge in [-0.1, -0.05) is 54.1 Å². The molecule has 2 aromatic carbocycles. The second-order valence-electron chi connectivity index (χ2n) is 8.37. The van der Waals surface area contributed by atoms with Crippen LogP contribution in [0.1, 0.15) is 17.5 Å². The van der Waals surface area contributed by atoms with E-state index < -0.39 is 0 Å². The highest BCUT2D eigenvalue weighted by molar-refractivity contribution is 6.30. The first-order valence-corrected chi connectivity index (χ1v) is 11.7. The molecule has 4 rings (SSSR count). The van der Waals surface area contributed by atoms with Crippen LogP contribution in [0.25, 0.3) is 5.70 Å². The van der Waals surface area contributed by atoms with Crippen molar-refractivity contribution < 1.29 is 9.59 Å². The van der Waals surface area contributed by atoms with Gasteiger partial charge < -0.3 is 5.32 Å². The Hall–Kier alpha value is -2.87. The predicted octanol–water partition coefficient (Wildman–Crippen LogP) is 2.35. The summed E-state index contributed by atoms with van der Waals surface area (Å²) in [5, 5.41) is 4.98. The number of carbonyl (C=O) groups is 2. The largest absolute Gasteiger partial charge is 0.353 e. The van der Waals surface area contributed by atoms with Crippen LogP contribution in [0.5, 0.6) is 0 Å². The average Bonchev–Trinajstić information content (AvgIpc) is 2.83. The molecule has 174 valence electrons. The molecular formula is C25H30ClN5O2. The summed E-state index contributed by atoms with van der Waals surface area (Å²) in [6.45, 7) is 6.36. The first-order chi connectivity index (χ1) is 16.1. The number of nitrogens with one attached hydrogen (secondary N) is 2. The Morgan fingerprint density at radius 2 is 1.67 bits per heavy atom. The average molecular weight is 468 g/mol. The van der Waals surface area contributed by atoms with Gasteiger partial charge in [-0.15, -0.1) is 0 Å². The van der Waals surface area contributed by atoms with Crippen molar-refractivity contribution in [1.82, 2.24) is 25.6 Å². The van der Waals surface area contributed by atoms with E-state index in [1.54, 1.807) is 12.1 Å². The van der Waals surface area contributed by atoms with E-state index >= 15 is 0 Å². The molecule has 33 heavy (non-hydrogen) atoms. The van der Waals surface area contributed by atoms with Crippen LogP contribution in [0.3, 0.4) is 0 Å². The molecule has 2 aromatic rings. The summed E-state index contributed by atoms with van der Waals surface area (Å²) < 4.78 is 0. The SMILES string of the molecule is O=C(CN1NC(c2ccc(Cl)cc2)=CCC1=O)NCCN1CCN(Cc2ccccc2)CC1. The van der Waals surface area contributed by atoms with Crippen molar-refractivity contribution >= 4 is 29.1 Å². The van der Waals surface area contributed by atoms with E-state index in [-0.39, 0.29) is 24.8 Å². The molecule has 7 nitrogen and oxygen atoms in total. The summed E-state index contributed by atoms with van der Waals surface area (Å²) in [4.78, 5) is 29.5. The van der Waals surface area contributed by atoms with Crippen LogP contribution in [-0.2, 0) is 16.1 Å². The Labute approximate surface area is 200 Å². The zero-order valence-corrected chi connectivity index (χ0v) is 19.4. The molecule has 8 heteroatoms. The number of nitrogens with zero attached hydrogens (tertiary/aromatic N) is 3. The van der Waals surface area contributed by atoms with Crippen LogP contribution in [0.15, 0.2) is 60.7 Å². The van der Waals surface area contributed by atoms with E-state index in [2.05, 4.69) is 44.8 Å². The summed E-state index contributed by atoms with van der Waals surface area (Å²) >= 11 is 5.95. The Morgan fingerprint density at radius 3 is 2.39 bits per heavy atom. The van der Waals surface area contributed by atoms with Gasteiger partial charge in [0.25, 0.3) is 0 Å². The number of hydrogen-bond donors (Lipinski definition) is 2. The molecule has 0 bridgehead atoms. The Kier molecular flexibility index (Phi) is 7.99. The molecule has 2 aliphatic rings. The molecule has 0 aliphatic carbocycles. The van der Waals surface area contributed by atoms with Crippen molar-refractivity contribution in [1.29, 1.82) is 0 Å². The lowest BCUT2D eigenvalue weighted by Gasteiger charge is -2.34. The van der Waals surface area contributed by atoms with Gasteiger partial charge in [0.1, 0.15) is 6.54 Å². The smallest absolute Gasteiger partial charge is 0.245 e. The standard InChI is InChI=1S/C25H30ClN5O2/c26-22-8-6-21(7-9-22)23-10-11-25(33)31(28-23)19-24(32)27-12-13-29-14-16-30(17-15-29)18-20-4-2-1-3-5-20/h1-10,28H,11-19H2,(H,27,32). The monoisotopic (exact) mass is 467 g/mol. The molecule has 2 heterocycles. The number of amides is 2. The summed E-state index contributed by atoms with van der Waals surface area (Å²) in [5.41, 5.74) is 6.12. The van der Waals surface area contributed by atoms with E-state index in [0.29, 0.717) is 11.6 Å². The lowest BCUT2D eigenvalue weighted by Crippen LogP contribution is -2.51. The van der Waals surface area contributed by atoms with Gasteiger partial charge in [-0.05, 0) is 29.3 Å². The van der Waals surface area contributed by atoms with Crippen LogP contribution < -0.4 is 10.7 Å². The third-order valence-electron chi connectivity index (χ3n) is 5.96. The number of rotatable bonds is 8. The summed E-state index contributed by atoms with van der Waals surface area (Å²) in [6, 6.07) is 17.9. The zero-order valence-electron chi connectivity index (χ0n) is 18.7. The van der Waals surface area contributed by atoms with Gasteiger partial charge in [0, 0.05) is 57.3 Å². The van der Waals surface area contributed by atoms with Crippen LogP contribution in [0.2, 0.25) is 5.02 Å². The minimum Gasteiger partial charge on any atom is -0.353 e. The quantitative estimate of drug-likeness (QED) is 0.623. The molecule has 0 spiro atoms. The molecule has 0 saturated carbocycles. The Morgan fingerprint density at radius 1 is 0.970 bits per heavy atom. The Balaban J connectivity index is 1.16. The maximum Gasteiger partial charge on any atom is 0.245 e. The van der Waals surface area contributed by atoms with Crippen LogP contribution in [-0.4, -0.2) is 72.4 Å². The molecule has 0 aromatic heterocycles. The Bertz CT molecular complexity index is 972. The van der Waals surface area contributed by atoms with E-state index in [1.807, 2.05) is 24.3 Å². The third-order valence-corrected chi connectivity index (χ3v) is 6.21. The number of carbonyl (C=O) groups excluding carboxylic acids is 2. The van der Waals surface area contributed by atoms with Gasteiger partial charge in [0.05, 0.1) is 5.70 Å². The van der Waals surface area contributed by atoms with Crippen molar-refractivity contribution in [2.45, 2.75) is 13.0 Å². The molecule has 2 amide bonds. The van der Waals surface area contributed by atoms with Crippen molar-refractivity contribution in [3.63, 3.8) is 0 Å². The maximum atomic E-state index is 12.4. The molecule has 0 radical (unpaired) electrons. The van der Waals surface area contributed by atoms with E-state index in [4.69, 9.17) is 11.6 Å². The van der Waals surface area contributed by atoms with Crippen LogP contribution in [0.4, 0.5) is 0 Å². The summed E-state index contributed by atoms with van der Waals surface area (Å²) in [6.07, 6.45) is 2.09. The molecule has 0 unspecified atom stereocenters. The number of hydrogen-bond acceptors (Lipinski definition) is 5. The zero-order chi connectivity index (χ0) is 23.0. The van der Waals surface area contributed by atoms with Gasteiger partial charge in [-0.25, -0.2) is 5.01 Å². The highest BCUT2D eigenvalue weighted by Crippen LogP contribution is 2.19. The second-order valence-corrected chi connectivity index (χ2v) is 8.81. The lowest BCUT2D eigenvalue weighted by molar-refractivity contribution is -0.137. The second kappa shape index (κ2) is 11.3. The minimum atomic E-state index is -0.170. The lowest BCUT2D eigenvalue weighted by atomic mass is 10.1. The highest BCUT2D eigenvalue weighted by atomic mass is 35.5. The van der Waals surface area contributed by atoms with Gasteiger partial charge >= 0.3 is 0 Å². The molecule has 1 saturated heterocycles. The van der Waals surface area contributed by atoms with Gasteiger partial charge in [-0.2, -0.15) is 0 Å². The first kappa shape index (κ1) is 23.3. The van der Waals surface area contributed by atoms with Crippen molar-refractivity contribution in [2.24, 2.45) is 0 Å². The summed E-state index contributed by atoms with van der Waals surface area (Å²) in [5.74, 6) is -0.298. The maximum absolute atomic E-state index is 12.4. The van der Waals surface area contributed by atoms with E-state index in [0.717, 1.165) is 50.5 Å². The number of piperazine rings is 1. The van der Waals surface area contributed by atoms with E-state index in [9.17, 15) is 9.59 Å². The van der Waals surface area contributed by atoms with Crippen molar-refractivity contribution in [3.8, 4) is 0 Å². The molecule has 2 N–H and O–H groups in total. The minimum absolute atomic E-state index is 0.0192. The van der Waals surface area contributed by atoms with Gasteiger partial charge in [0.2, 0.25) is 11.8 Å². The van der Waals surface area contributed by atoms with Gasteiger partial charge in [0.15, 0.2) is 0 Å². The topological polar surface area (TPSA) is 67.9 Å². The highest BCUT2D eigenvalue weighted by Gasteiger charge is 2.22. The number of benzene rings is 2. The van der Waals surface area contributed by atoms with E-state index in [1.165, 1.54) is 10.6 Å². The van der Waals surface area contributed by atoms with Crippen LogP contribution >= 0.6 is 11.6 Å². The molecule has 1 fully saturated rings. The fourth-order valence-corrected chi connectivity index (χ4v) is 4.18. The predicted molar refractivity (Wildman–Crippen MR) is 130 cm³/mol. The first-order valence-electron chi connectivity index (χ1n) is 11.4. The number of halogens is 1. The third kappa shape index (κ3) is 6.81. The molecule has 0 atom stereocenters. The normalized spacial score (nSPS) is 17.4. The fourth-order valence-electron chi connectivity index (χ4n) is 4.06. The summed E-state index contributed by atoms with van der Waals surface area (Å²) in [7, 11) is 0. The molecular weight excluding hydrogens is 438 g/mol. The van der Waals surface area contributed by atoms with Crippen molar-refractivity contribution in [3.05, 3.63) is 76.8 Å². The fraction of sp³-hybridized carbons (Fsp3) is 0.360. The van der Waals surface area contributed by atoms with Crippen LogP contribution in [0, 0.1) is 0 Å². The van der Waals surface area contributed by atoms with Crippen molar-refractivity contribution in [2.75, 3.05) is 45.8 Å². The molecule has 2 aliphatic heterocycles. The van der Waals surface area contributed by atoms with Gasteiger partial charge in [-0.3, -0.25) is 24.8 Å².